The van der Waals surface area contributed by atoms with Crippen molar-refractivity contribution in [2.24, 2.45) is 0 Å². The van der Waals surface area contributed by atoms with Crippen LogP contribution in [0.2, 0.25) is 5.02 Å². The topological polar surface area (TPSA) is 59.3 Å². The maximum absolute atomic E-state index is 14.4. The first kappa shape index (κ1) is 27.2. The third kappa shape index (κ3) is 4.49. The van der Waals surface area contributed by atoms with Gasteiger partial charge in [-0.05, 0) is 48.7 Å². The molecule has 0 spiro atoms. The Balaban J connectivity index is 1.31. The molecule has 3 aliphatic rings. The molecule has 2 aromatic heterocycles. The highest BCUT2D eigenvalue weighted by Crippen LogP contribution is 2.45. The Labute approximate surface area is 228 Å². The molecule has 0 radical (unpaired) electrons. The van der Waals surface area contributed by atoms with E-state index in [4.69, 9.17) is 16.3 Å². The summed E-state index contributed by atoms with van der Waals surface area (Å²) in [5.74, 6) is -0.621. The number of hydrogen-bond donors (Lipinski definition) is 0. The summed E-state index contributed by atoms with van der Waals surface area (Å²) < 4.78 is 103. The van der Waals surface area contributed by atoms with Gasteiger partial charge in [0.05, 0.1) is 25.4 Å². The lowest BCUT2D eigenvalue weighted by Gasteiger charge is -2.49. The van der Waals surface area contributed by atoms with E-state index in [-0.39, 0.29) is 37.9 Å². The van der Waals surface area contributed by atoms with Gasteiger partial charge in [0.15, 0.2) is 23.0 Å². The second-order valence-electron chi connectivity index (χ2n) is 10.2. The summed E-state index contributed by atoms with van der Waals surface area (Å²) in [6.45, 7) is -0.767. The summed E-state index contributed by atoms with van der Waals surface area (Å²) in [7, 11) is 0. The minimum Gasteiger partial charge on any atom is -0.377 e. The number of aromatic nitrogens is 4. The molecule has 2 saturated heterocycles. The Bertz CT molecular complexity index is 1430. The maximum atomic E-state index is 14.4. The van der Waals surface area contributed by atoms with Gasteiger partial charge in [-0.25, -0.2) is 9.37 Å². The predicted octanol–water partition coefficient (Wildman–Crippen LogP) is 5.50. The Kier molecular flexibility index (Phi) is 6.50. The first-order valence-electron chi connectivity index (χ1n) is 12.5. The van der Waals surface area contributed by atoms with Crippen LogP contribution in [0.3, 0.4) is 0 Å². The van der Waals surface area contributed by atoms with Crippen molar-refractivity contribution in [3.8, 4) is 5.69 Å². The number of rotatable bonds is 3. The zero-order valence-electron chi connectivity index (χ0n) is 20.7. The Hall–Kier alpha value is -2.97. The number of anilines is 1. The molecule has 3 aliphatic heterocycles. The first-order valence-corrected chi connectivity index (χ1v) is 12.9. The number of pyridine rings is 1. The van der Waals surface area contributed by atoms with Crippen LogP contribution < -0.4 is 4.90 Å². The van der Waals surface area contributed by atoms with Crippen LogP contribution in [0.1, 0.15) is 41.7 Å². The third-order valence-corrected chi connectivity index (χ3v) is 8.06. The van der Waals surface area contributed by atoms with Gasteiger partial charge >= 0.3 is 12.4 Å². The molecular weight excluding hydrogens is 569 g/mol. The van der Waals surface area contributed by atoms with Crippen LogP contribution in [-0.2, 0) is 24.0 Å². The van der Waals surface area contributed by atoms with Crippen molar-refractivity contribution < 1.29 is 35.5 Å². The molecule has 40 heavy (non-hydrogen) atoms. The van der Waals surface area contributed by atoms with E-state index in [1.165, 1.54) is 9.80 Å². The fourth-order valence-electron chi connectivity index (χ4n) is 5.57. The van der Waals surface area contributed by atoms with Crippen molar-refractivity contribution in [1.82, 2.24) is 24.6 Å². The summed E-state index contributed by atoms with van der Waals surface area (Å²) in [5, 5.41) is 8.99. The highest BCUT2D eigenvalue weighted by Gasteiger charge is 2.64. The molecule has 5 heterocycles. The zero-order chi connectivity index (χ0) is 28.4. The number of halogens is 8. The number of alkyl halides is 6. The van der Waals surface area contributed by atoms with Crippen LogP contribution in [-0.4, -0.2) is 62.7 Å². The van der Waals surface area contributed by atoms with E-state index in [9.17, 15) is 30.7 Å². The van der Waals surface area contributed by atoms with Crippen LogP contribution in [0.5, 0.6) is 0 Å². The minimum absolute atomic E-state index is 0.0412. The van der Waals surface area contributed by atoms with Gasteiger partial charge in [-0.3, -0.25) is 9.47 Å². The lowest BCUT2D eigenvalue weighted by Crippen LogP contribution is -2.69. The molecule has 0 unspecified atom stereocenters. The van der Waals surface area contributed by atoms with E-state index < -0.39 is 42.6 Å². The average molecular weight is 591 g/mol. The minimum atomic E-state index is -4.71. The molecule has 1 aromatic carbocycles. The van der Waals surface area contributed by atoms with Crippen molar-refractivity contribution in [1.29, 1.82) is 0 Å². The smallest absolute Gasteiger partial charge is 0.377 e. The Morgan fingerprint density at radius 3 is 2.30 bits per heavy atom. The van der Waals surface area contributed by atoms with E-state index in [2.05, 4.69) is 15.2 Å². The molecule has 0 amide bonds. The highest BCUT2D eigenvalue weighted by molar-refractivity contribution is 6.30. The number of piperidine rings is 1. The fourth-order valence-corrected chi connectivity index (χ4v) is 5.77. The number of hydrogen-bond acceptors (Lipinski definition) is 6. The second kappa shape index (κ2) is 9.55. The summed E-state index contributed by atoms with van der Waals surface area (Å²) in [6.07, 6.45) is -8.47. The average Bonchev–Trinajstić information content (AvgIpc) is 3.18. The van der Waals surface area contributed by atoms with Crippen LogP contribution in [0.4, 0.5) is 36.6 Å². The van der Waals surface area contributed by atoms with Gasteiger partial charge in [0.2, 0.25) is 0 Å². The van der Waals surface area contributed by atoms with Gasteiger partial charge in [0.25, 0.3) is 0 Å². The van der Waals surface area contributed by atoms with Crippen molar-refractivity contribution in [3.63, 3.8) is 0 Å². The lowest BCUT2D eigenvalue weighted by atomic mass is 9.93. The van der Waals surface area contributed by atoms with Crippen LogP contribution in [0.15, 0.2) is 30.3 Å². The lowest BCUT2D eigenvalue weighted by molar-refractivity contribution is -0.310. The largest absolute Gasteiger partial charge is 0.433 e. The summed E-state index contributed by atoms with van der Waals surface area (Å²) >= 11 is 6.23. The van der Waals surface area contributed by atoms with E-state index >= 15 is 0 Å². The number of benzene rings is 1. The van der Waals surface area contributed by atoms with Gasteiger partial charge in [-0.2, -0.15) is 26.3 Å². The van der Waals surface area contributed by atoms with Crippen LogP contribution in [0.25, 0.3) is 5.69 Å². The molecule has 0 N–H and O–H groups in total. The normalized spacial score (nSPS) is 20.1. The summed E-state index contributed by atoms with van der Waals surface area (Å²) in [5.41, 5.74) is -2.17. The van der Waals surface area contributed by atoms with E-state index in [1.54, 1.807) is 22.8 Å². The van der Waals surface area contributed by atoms with E-state index in [1.807, 2.05) is 0 Å². The van der Waals surface area contributed by atoms with Gasteiger partial charge in [0, 0.05) is 30.6 Å². The van der Waals surface area contributed by atoms with Crippen LogP contribution in [0, 0.1) is 5.82 Å². The molecular formula is C25H22ClF7N6O. The second-order valence-corrected chi connectivity index (χ2v) is 10.7. The SMILES string of the molecule is Fc1ccc(C(F)(F)F)nc1N1CCC(c2nnc3n2-c2ccc(Cl)cc2CN(C2(C(F)(F)F)COC2)C3)CC1. The molecule has 0 bridgehead atoms. The molecule has 0 saturated carbocycles. The quantitative estimate of drug-likeness (QED) is 0.375. The van der Waals surface area contributed by atoms with Crippen LogP contribution >= 0.6 is 11.6 Å². The summed E-state index contributed by atoms with van der Waals surface area (Å²) in [6, 6.07) is 6.33. The zero-order valence-corrected chi connectivity index (χ0v) is 21.5. The monoisotopic (exact) mass is 590 g/mol. The van der Waals surface area contributed by atoms with Crippen molar-refractivity contribution in [2.45, 2.75) is 49.7 Å². The fraction of sp³-hybridized carbons (Fsp3) is 0.480. The molecule has 0 aliphatic carbocycles. The molecule has 214 valence electrons. The molecule has 2 fully saturated rings. The number of fused-ring (bicyclic) bond motifs is 3. The Morgan fingerprint density at radius 2 is 1.68 bits per heavy atom. The molecule has 6 rings (SSSR count). The highest BCUT2D eigenvalue weighted by atomic mass is 35.5. The van der Waals surface area contributed by atoms with Gasteiger partial charge in [0.1, 0.15) is 11.5 Å². The molecule has 15 heteroatoms. The third-order valence-electron chi connectivity index (χ3n) is 7.82. The first-order chi connectivity index (χ1) is 18.9. The van der Waals surface area contributed by atoms with E-state index in [0.29, 0.717) is 46.8 Å². The molecule has 3 aromatic rings. The predicted molar refractivity (Wildman–Crippen MR) is 129 cm³/mol. The summed E-state index contributed by atoms with van der Waals surface area (Å²) in [4.78, 5) is 6.27. The van der Waals surface area contributed by atoms with Crippen molar-refractivity contribution in [2.75, 3.05) is 31.2 Å². The molecule has 0 atom stereocenters. The standard InChI is InChI=1S/C25H22ClF7N6O/c26-16-1-3-18-15(9-16)10-38(23(12-40-13-23)25(31,32)33)11-20-35-36-21(39(18)20)14-5-7-37(8-6-14)22-17(27)2-4-19(34-22)24(28,29)30/h1-4,9,14H,5-8,10-13H2. The maximum Gasteiger partial charge on any atom is 0.433 e. The molecule has 7 nitrogen and oxygen atoms in total. The number of nitrogens with zero attached hydrogens (tertiary/aromatic N) is 6. The van der Waals surface area contributed by atoms with Crippen molar-refractivity contribution in [3.05, 3.63) is 64.1 Å². The van der Waals surface area contributed by atoms with E-state index in [0.717, 1.165) is 6.07 Å². The number of ether oxygens (including phenoxy) is 1. The van der Waals surface area contributed by atoms with Gasteiger partial charge < -0.3 is 9.64 Å². The van der Waals surface area contributed by atoms with Gasteiger partial charge in [-0.15, -0.1) is 10.2 Å². The van der Waals surface area contributed by atoms with Crippen molar-refractivity contribution >= 4 is 17.4 Å². The van der Waals surface area contributed by atoms with Gasteiger partial charge in [-0.1, -0.05) is 11.6 Å². The Morgan fingerprint density at radius 1 is 0.950 bits per heavy atom.